The first-order chi connectivity index (χ1) is 7.22. The predicted octanol–water partition coefficient (Wildman–Crippen LogP) is 0.750. The molecule has 1 aromatic rings. The number of hydrogen-bond acceptors (Lipinski definition) is 4. The molecule has 80 valence electrons. The van der Waals surface area contributed by atoms with Gasteiger partial charge in [-0.3, -0.25) is 9.78 Å². The van der Waals surface area contributed by atoms with Gasteiger partial charge in [0, 0.05) is 19.3 Å². The molecule has 1 atom stereocenters. The van der Waals surface area contributed by atoms with Crippen molar-refractivity contribution in [3.63, 3.8) is 0 Å². The molecule has 4 heteroatoms. The molecule has 0 saturated carbocycles. The second kappa shape index (κ2) is 3.98. The maximum absolute atomic E-state index is 11.5. The first-order valence-corrected chi connectivity index (χ1v) is 4.96. The number of nitrogens with zero attached hydrogens (tertiary/aromatic N) is 1. The summed E-state index contributed by atoms with van der Waals surface area (Å²) in [6.07, 6.45) is 1.79. The molecular formula is C11H14N2O2. The first-order valence-electron chi connectivity index (χ1n) is 4.96. The second-order valence-electron chi connectivity index (χ2n) is 3.76. The van der Waals surface area contributed by atoms with Crippen molar-refractivity contribution in [3.8, 4) is 0 Å². The summed E-state index contributed by atoms with van der Waals surface area (Å²) < 4.78 is 4.76. The van der Waals surface area contributed by atoms with Crippen molar-refractivity contribution in [2.24, 2.45) is 0 Å². The Morgan fingerprint density at radius 1 is 1.67 bits per heavy atom. The van der Waals surface area contributed by atoms with Gasteiger partial charge in [0.15, 0.2) is 0 Å². The zero-order valence-corrected chi connectivity index (χ0v) is 8.91. The van der Waals surface area contributed by atoms with Crippen LogP contribution >= 0.6 is 0 Å². The van der Waals surface area contributed by atoms with E-state index in [-0.39, 0.29) is 11.9 Å². The van der Waals surface area contributed by atoms with E-state index in [1.807, 2.05) is 6.92 Å². The number of aryl methyl sites for hydroxylation is 1. The Kier molecular flexibility index (Phi) is 2.68. The van der Waals surface area contributed by atoms with Crippen LogP contribution in [0.1, 0.15) is 22.7 Å². The van der Waals surface area contributed by atoms with Crippen LogP contribution in [-0.4, -0.2) is 24.6 Å². The molecule has 0 fully saturated rings. The minimum atomic E-state index is -0.264. The molecule has 0 aromatic carbocycles. The van der Waals surface area contributed by atoms with Crippen LogP contribution in [0.3, 0.4) is 0 Å². The van der Waals surface area contributed by atoms with Crippen molar-refractivity contribution in [2.45, 2.75) is 19.4 Å². The van der Waals surface area contributed by atoms with Crippen molar-refractivity contribution in [1.29, 1.82) is 0 Å². The highest BCUT2D eigenvalue weighted by Crippen LogP contribution is 2.23. The fourth-order valence-electron chi connectivity index (χ4n) is 1.88. The van der Waals surface area contributed by atoms with E-state index in [2.05, 4.69) is 16.4 Å². The number of fused-ring (bicyclic) bond motifs is 1. The molecule has 1 aromatic heterocycles. The van der Waals surface area contributed by atoms with E-state index in [0.29, 0.717) is 6.54 Å². The van der Waals surface area contributed by atoms with Gasteiger partial charge >= 0.3 is 5.97 Å². The van der Waals surface area contributed by atoms with E-state index >= 15 is 0 Å². The topological polar surface area (TPSA) is 51.2 Å². The van der Waals surface area contributed by atoms with Crippen molar-refractivity contribution >= 4 is 5.97 Å². The third-order valence-electron chi connectivity index (χ3n) is 2.62. The molecule has 4 nitrogen and oxygen atoms in total. The normalized spacial score (nSPS) is 19.5. The highest BCUT2D eigenvalue weighted by molar-refractivity contribution is 5.78. The largest absolute Gasteiger partial charge is 0.468 e. The van der Waals surface area contributed by atoms with Gasteiger partial charge < -0.3 is 10.1 Å². The maximum atomic E-state index is 11.5. The number of carbonyl (C=O) groups is 1. The van der Waals surface area contributed by atoms with E-state index in [4.69, 9.17) is 4.74 Å². The van der Waals surface area contributed by atoms with Gasteiger partial charge in [-0.2, -0.15) is 0 Å². The molecule has 0 spiro atoms. The standard InChI is InChI=1S/C11H14N2O2/c1-7-3-8-5-12-6-9(11(14)15-2)10(8)13-4-7/h3-4,9,12H,5-6H2,1-2H3. The number of aromatic nitrogens is 1. The van der Waals surface area contributed by atoms with Gasteiger partial charge in [0.2, 0.25) is 0 Å². The molecule has 2 rings (SSSR count). The van der Waals surface area contributed by atoms with Crippen LogP contribution in [0.4, 0.5) is 0 Å². The molecule has 15 heavy (non-hydrogen) atoms. The fourth-order valence-corrected chi connectivity index (χ4v) is 1.88. The number of esters is 1. The van der Waals surface area contributed by atoms with Gasteiger partial charge in [0.05, 0.1) is 12.8 Å². The predicted molar refractivity (Wildman–Crippen MR) is 55.4 cm³/mol. The molecular weight excluding hydrogens is 192 g/mol. The summed E-state index contributed by atoms with van der Waals surface area (Å²) in [5, 5.41) is 3.19. The summed E-state index contributed by atoms with van der Waals surface area (Å²) in [6.45, 7) is 3.38. The Hall–Kier alpha value is -1.42. The lowest BCUT2D eigenvalue weighted by Gasteiger charge is -2.23. The first kappa shape index (κ1) is 10.1. The molecule has 1 unspecified atom stereocenters. The summed E-state index contributed by atoms with van der Waals surface area (Å²) in [5.74, 6) is -0.487. The zero-order valence-electron chi connectivity index (χ0n) is 8.91. The van der Waals surface area contributed by atoms with Crippen LogP contribution in [0.15, 0.2) is 12.3 Å². The minimum Gasteiger partial charge on any atom is -0.468 e. The lowest BCUT2D eigenvalue weighted by molar-refractivity contribution is -0.142. The number of carbonyl (C=O) groups excluding carboxylic acids is 1. The lowest BCUT2D eigenvalue weighted by Crippen LogP contribution is -2.34. The van der Waals surface area contributed by atoms with Crippen LogP contribution < -0.4 is 5.32 Å². The third-order valence-corrected chi connectivity index (χ3v) is 2.62. The fraction of sp³-hybridized carbons (Fsp3) is 0.455. The van der Waals surface area contributed by atoms with Crippen molar-refractivity contribution in [1.82, 2.24) is 10.3 Å². The van der Waals surface area contributed by atoms with Crippen molar-refractivity contribution in [2.75, 3.05) is 13.7 Å². The Balaban J connectivity index is 2.38. The summed E-state index contributed by atoms with van der Waals surface area (Å²) in [5.41, 5.74) is 3.06. The van der Waals surface area contributed by atoms with Crippen LogP contribution in [0.25, 0.3) is 0 Å². The summed E-state index contributed by atoms with van der Waals surface area (Å²) in [4.78, 5) is 15.8. The van der Waals surface area contributed by atoms with E-state index in [1.165, 1.54) is 7.11 Å². The number of ether oxygens (including phenoxy) is 1. The number of methoxy groups -OCH3 is 1. The average molecular weight is 206 g/mol. The van der Waals surface area contributed by atoms with Crippen LogP contribution in [-0.2, 0) is 16.1 Å². The smallest absolute Gasteiger partial charge is 0.316 e. The van der Waals surface area contributed by atoms with Gasteiger partial charge in [0.25, 0.3) is 0 Å². The summed E-state index contributed by atoms with van der Waals surface area (Å²) in [6, 6.07) is 2.06. The van der Waals surface area contributed by atoms with E-state index in [1.54, 1.807) is 6.20 Å². The summed E-state index contributed by atoms with van der Waals surface area (Å²) in [7, 11) is 1.41. The maximum Gasteiger partial charge on any atom is 0.316 e. The number of hydrogen-bond donors (Lipinski definition) is 1. The Labute approximate surface area is 88.7 Å². The SMILES string of the molecule is COC(=O)C1CNCc2cc(C)cnc21. The Bertz CT molecular complexity index is 390. The molecule has 0 amide bonds. The van der Waals surface area contributed by atoms with E-state index < -0.39 is 0 Å². The summed E-state index contributed by atoms with van der Waals surface area (Å²) >= 11 is 0. The highest BCUT2D eigenvalue weighted by Gasteiger charge is 2.28. The number of pyridine rings is 1. The molecule has 0 radical (unpaired) electrons. The van der Waals surface area contributed by atoms with Gasteiger partial charge in [-0.15, -0.1) is 0 Å². The van der Waals surface area contributed by atoms with E-state index in [9.17, 15) is 4.79 Å². The Morgan fingerprint density at radius 3 is 3.20 bits per heavy atom. The molecule has 1 aliphatic rings. The third kappa shape index (κ3) is 1.85. The molecule has 1 aliphatic heterocycles. The van der Waals surface area contributed by atoms with Crippen LogP contribution in [0, 0.1) is 6.92 Å². The number of nitrogens with one attached hydrogen (secondary N) is 1. The van der Waals surface area contributed by atoms with Crippen molar-refractivity contribution in [3.05, 3.63) is 29.1 Å². The van der Waals surface area contributed by atoms with Gasteiger partial charge in [-0.05, 0) is 18.1 Å². The molecule has 2 heterocycles. The minimum absolute atomic E-state index is 0.222. The van der Waals surface area contributed by atoms with Gasteiger partial charge in [-0.1, -0.05) is 6.07 Å². The van der Waals surface area contributed by atoms with E-state index in [0.717, 1.165) is 23.4 Å². The highest BCUT2D eigenvalue weighted by atomic mass is 16.5. The van der Waals surface area contributed by atoms with Crippen LogP contribution in [0.5, 0.6) is 0 Å². The Morgan fingerprint density at radius 2 is 2.47 bits per heavy atom. The van der Waals surface area contributed by atoms with Gasteiger partial charge in [-0.25, -0.2) is 0 Å². The molecule has 0 bridgehead atoms. The average Bonchev–Trinajstić information content (AvgIpc) is 2.26. The monoisotopic (exact) mass is 206 g/mol. The molecule has 1 N–H and O–H groups in total. The van der Waals surface area contributed by atoms with Crippen molar-refractivity contribution < 1.29 is 9.53 Å². The lowest BCUT2D eigenvalue weighted by atomic mass is 9.95. The second-order valence-corrected chi connectivity index (χ2v) is 3.76. The van der Waals surface area contributed by atoms with Gasteiger partial charge in [0.1, 0.15) is 5.92 Å². The zero-order chi connectivity index (χ0) is 10.8. The quantitative estimate of drug-likeness (QED) is 0.689. The molecule has 0 saturated heterocycles. The van der Waals surface area contributed by atoms with Crippen LogP contribution in [0.2, 0.25) is 0 Å². The number of rotatable bonds is 1. The molecule has 0 aliphatic carbocycles.